The van der Waals surface area contributed by atoms with Crippen LogP contribution in [0, 0.1) is 5.92 Å². The molecule has 0 fully saturated rings. The number of benzene rings is 1. The number of hydrogen-bond acceptors (Lipinski definition) is 0. The molecule has 0 saturated carbocycles. The second-order valence-corrected chi connectivity index (χ2v) is 3.75. The zero-order valence-electron chi connectivity index (χ0n) is 7.67. The van der Waals surface area contributed by atoms with Gasteiger partial charge in [-0.3, -0.25) is 0 Å². The van der Waals surface area contributed by atoms with E-state index in [4.69, 9.17) is 0 Å². The van der Waals surface area contributed by atoms with E-state index in [1.165, 1.54) is 11.1 Å². The Hall–Kier alpha value is -0.443. The molecule has 0 nitrogen and oxygen atoms in total. The first-order valence-electron chi connectivity index (χ1n) is 4.56. The summed E-state index contributed by atoms with van der Waals surface area (Å²) in [5, 5.41) is 0. The molecule has 1 heteroatoms. The van der Waals surface area contributed by atoms with Crippen molar-refractivity contribution in [2.45, 2.75) is 20.3 Å². The molecular weight excluding hydrogens is 151 g/mol. The molecule has 64 valence electrons. The van der Waals surface area contributed by atoms with Gasteiger partial charge in [-0.25, -0.2) is 0 Å². The SMILES string of the molecule is CC(C)C1=Cc2ccccc2C1.[LiH]. The van der Waals surface area contributed by atoms with E-state index in [1.54, 1.807) is 5.57 Å². The summed E-state index contributed by atoms with van der Waals surface area (Å²) in [4.78, 5) is 0. The molecule has 1 aliphatic carbocycles. The quantitative estimate of drug-likeness (QED) is 0.562. The van der Waals surface area contributed by atoms with Crippen molar-refractivity contribution in [3.05, 3.63) is 41.0 Å². The second kappa shape index (κ2) is 4.18. The first-order valence-corrected chi connectivity index (χ1v) is 4.56. The first kappa shape index (κ1) is 10.6. The van der Waals surface area contributed by atoms with E-state index < -0.39 is 0 Å². The van der Waals surface area contributed by atoms with Crippen LogP contribution in [0.25, 0.3) is 6.08 Å². The first-order chi connectivity index (χ1) is 5.77. The van der Waals surface area contributed by atoms with Crippen LogP contribution in [0.2, 0.25) is 0 Å². The van der Waals surface area contributed by atoms with Crippen LogP contribution in [0.3, 0.4) is 0 Å². The van der Waals surface area contributed by atoms with Gasteiger partial charge in [0.25, 0.3) is 0 Å². The zero-order valence-corrected chi connectivity index (χ0v) is 7.67. The Morgan fingerprint density at radius 1 is 1.15 bits per heavy atom. The van der Waals surface area contributed by atoms with E-state index in [1.807, 2.05) is 0 Å². The minimum absolute atomic E-state index is 0. The third-order valence-corrected chi connectivity index (χ3v) is 2.53. The summed E-state index contributed by atoms with van der Waals surface area (Å²) in [5.74, 6) is 0.692. The van der Waals surface area contributed by atoms with Crippen LogP contribution in [0.1, 0.15) is 25.0 Å². The Balaban J connectivity index is 0.000000845. The summed E-state index contributed by atoms with van der Waals surface area (Å²) >= 11 is 0. The van der Waals surface area contributed by atoms with Gasteiger partial charge < -0.3 is 0 Å². The molecule has 0 unspecified atom stereocenters. The molecule has 0 amide bonds. The fourth-order valence-corrected chi connectivity index (χ4v) is 1.68. The summed E-state index contributed by atoms with van der Waals surface area (Å²) in [6.07, 6.45) is 3.49. The Bertz CT molecular complexity index is 324. The number of fused-ring (bicyclic) bond motifs is 1. The van der Waals surface area contributed by atoms with Crippen molar-refractivity contribution in [1.29, 1.82) is 0 Å². The van der Waals surface area contributed by atoms with Gasteiger partial charge in [0, 0.05) is 0 Å². The van der Waals surface area contributed by atoms with Crippen LogP contribution >= 0.6 is 0 Å². The van der Waals surface area contributed by atoms with Crippen molar-refractivity contribution >= 4 is 24.9 Å². The molecule has 0 radical (unpaired) electrons. The molecule has 2 rings (SSSR count). The van der Waals surface area contributed by atoms with Crippen molar-refractivity contribution in [1.82, 2.24) is 0 Å². The Kier molecular flexibility index (Phi) is 3.42. The molecule has 1 aromatic carbocycles. The summed E-state index contributed by atoms with van der Waals surface area (Å²) in [7, 11) is 0. The topological polar surface area (TPSA) is 0 Å². The molecule has 0 aliphatic heterocycles. The van der Waals surface area contributed by atoms with Crippen LogP contribution in [0.5, 0.6) is 0 Å². The molecule has 0 aromatic heterocycles. The number of rotatable bonds is 1. The molecule has 1 aliphatic rings. The van der Waals surface area contributed by atoms with Crippen LogP contribution in [-0.2, 0) is 6.42 Å². The third kappa shape index (κ3) is 2.07. The molecule has 0 heterocycles. The van der Waals surface area contributed by atoms with Gasteiger partial charge in [0.1, 0.15) is 0 Å². The maximum atomic E-state index is 2.33. The predicted octanol–water partition coefficient (Wildman–Crippen LogP) is 2.63. The summed E-state index contributed by atoms with van der Waals surface area (Å²) in [5.41, 5.74) is 4.47. The van der Waals surface area contributed by atoms with Gasteiger partial charge in [0.15, 0.2) is 0 Å². The molecule has 0 saturated heterocycles. The van der Waals surface area contributed by atoms with Crippen molar-refractivity contribution < 1.29 is 0 Å². The molecule has 0 atom stereocenters. The van der Waals surface area contributed by atoms with Crippen molar-refractivity contribution in [3.8, 4) is 0 Å². The second-order valence-electron chi connectivity index (χ2n) is 3.75. The molecule has 0 N–H and O–H groups in total. The van der Waals surface area contributed by atoms with Gasteiger partial charge in [0.2, 0.25) is 0 Å². The number of hydrogen-bond donors (Lipinski definition) is 0. The third-order valence-electron chi connectivity index (χ3n) is 2.53. The van der Waals surface area contributed by atoms with Crippen molar-refractivity contribution in [2.75, 3.05) is 0 Å². The summed E-state index contributed by atoms with van der Waals surface area (Å²) < 4.78 is 0. The minimum atomic E-state index is 0. The fourth-order valence-electron chi connectivity index (χ4n) is 1.68. The van der Waals surface area contributed by atoms with Crippen LogP contribution in [0.15, 0.2) is 29.8 Å². The Morgan fingerprint density at radius 2 is 1.85 bits per heavy atom. The van der Waals surface area contributed by atoms with E-state index in [0.717, 1.165) is 6.42 Å². The van der Waals surface area contributed by atoms with Crippen molar-refractivity contribution in [2.24, 2.45) is 5.92 Å². The molecule has 0 bridgehead atoms. The maximum absolute atomic E-state index is 2.33. The van der Waals surface area contributed by atoms with Crippen molar-refractivity contribution in [3.63, 3.8) is 0 Å². The van der Waals surface area contributed by atoms with Gasteiger partial charge in [-0.15, -0.1) is 0 Å². The van der Waals surface area contributed by atoms with Gasteiger partial charge in [-0.05, 0) is 23.5 Å². The average Bonchev–Trinajstić information content (AvgIpc) is 2.46. The van der Waals surface area contributed by atoms with E-state index >= 15 is 0 Å². The summed E-state index contributed by atoms with van der Waals surface area (Å²) in [6, 6.07) is 8.65. The van der Waals surface area contributed by atoms with Crippen LogP contribution < -0.4 is 0 Å². The van der Waals surface area contributed by atoms with Gasteiger partial charge >= 0.3 is 18.9 Å². The average molecular weight is 166 g/mol. The standard InChI is InChI=1S/C12H14.Li.H/c1-9(2)12-7-10-5-3-4-6-11(10)8-12;;/h3-7,9H,8H2,1-2H3;;. The molecule has 13 heavy (non-hydrogen) atoms. The van der Waals surface area contributed by atoms with E-state index in [0.29, 0.717) is 5.92 Å². The number of allylic oxidation sites excluding steroid dienone is 1. The normalized spacial score (nSPS) is 13.6. The van der Waals surface area contributed by atoms with E-state index in [2.05, 4.69) is 44.2 Å². The molecule has 0 spiro atoms. The zero-order chi connectivity index (χ0) is 8.55. The van der Waals surface area contributed by atoms with Crippen LogP contribution in [-0.4, -0.2) is 18.9 Å². The fraction of sp³-hybridized carbons (Fsp3) is 0.333. The summed E-state index contributed by atoms with van der Waals surface area (Å²) in [6.45, 7) is 4.52. The van der Waals surface area contributed by atoms with E-state index in [9.17, 15) is 0 Å². The molecule has 1 aromatic rings. The molecular formula is C12H15Li. The Morgan fingerprint density at radius 3 is 2.46 bits per heavy atom. The van der Waals surface area contributed by atoms with Gasteiger partial charge in [0.05, 0.1) is 0 Å². The van der Waals surface area contributed by atoms with E-state index in [-0.39, 0.29) is 18.9 Å². The predicted molar refractivity (Wildman–Crippen MR) is 60.1 cm³/mol. The van der Waals surface area contributed by atoms with Crippen LogP contribution in [0.4, 0.5) is 0 Å². The van der Waals surface area contributed by atoms with Gasteiger partial charge in [-0.2, -0.15) is 0 Å². The van der Waals surface area contributed by atoms with Gasteiger partial charge in [-0.1, -0.05) is 49.8 Å². The Labute approximate surface area is 92.2 Å². The monoisotopic (exact) mass is 166 g/mol.